The molecule has 0 atom stereocenters. The zero-order valence-corrected chi connectivity index (χ0v) is 16.7. The van der Waals surface area contributed by atoms with Gasteiger partial charge >= 0.3 is 5.97 Å². The molecule has 1 aromatic heterocycles. The van der Waals surface area contributed by atoms with Gasteiger partial charge in [-0.2, -0.15) is 0 Å². The average molecular weight is 422 g/mol. The van der Waals surface area contributed by atoms with E-state index in [1.807, 2.05) is 0 Å². The fourth-order valence-electron chi connectivity index (χ4n) is 3.18. The van der Waals surface area contributed by atoms with Gasteiger partial charge in [-0.25, -0.2) is 8.78 Å². The van der Waals surface area contributed by atoms with Crippen molar-refractivity contribution in [1.29, 1.82) is 0 Å². The lowest BCUT2D eigenvalue weighted by Gasteiger charge is -2.09. The zero-order valence-electron chi connectivity index (χ0n) is 15.9. The number of phenolic OH excluding ortho intramolecular Hbond substituents is 1. The standard InChI is InChI=1S/C21H18ClF2NO4/c1-10(2)29-20(27)8-13-11(3)25(18-9-17(24)19(26)7-14(13)18)21(28)12-4-5-15(22)16(23)6-12/h4-7,9-10,26H,8H2,1-3H3. The number of aromatic nitrogens is 1. The number of hydrogen-bond donors (Lipinski definition) is 1. The van der Waals surface area contributed by atoms with Gasteiger partial charge in [0.1, 0.15) is 5.82 Å². The summed E-state index contributed by atoms with van der Waals surface area (Å²) in [7, 11) is 0. The van der Waals surface area contributed by atoms with Crippen molar-refractivity contribution in [3.8, 4) is 5.75 Å². The maximum atomic E-state index is 14.0. The van der Waals surface area contributed by atoms with E-state index >= 15 is 0 Å². The first kappa shape index (κ1) is 20.8. The molecule has 1 heterocycles. The van der Waals surface area contributed by atoms with Gasteiger partial charge in [-0.3, -0.25) is 14.2 Å². The third-order valence-corrected chi connectivity index (χ3v) is 4.77. The second-order valence-electron chi connectivity index (χ2n) is 6.87. The number of fused-ring (bicyclic) bond motifs is 1. The fraction of sp³-hybridized carbons (Fsp3) is 0.238. The number of carbonyl (C=O) groups excluding carboxylic acids is 2. The molecule has 3 rings (SSSR count). The van der Waals surface area contributed by atoms with E-state index in [-0.39, 0.29) is 28.6 Å². The Kier molecular flexibility index (Phi) is 5.61. The van der Waals surface area contributed by atoms with E-state index in [2.05, 4.69) is 0 Å². The number of nitrogens with zero attached hydrogens (tertiary/aromatic N) is 1. The monoisotopic (exact) mass is 421 g/mol. The Morgan fingerprint density at radius 3 is 2.48 bits per heavy atom. The molecule has 0 radical (unpaired) electrons. The van der Waals surface area contributed by atoms with Crippen LogP contribution in [0.15, 0.2) is 30.3 Å². The molecule has 0 bridgehead atoms. The first-order chi connectivity index (χ1) is 13.6. The van der Waals surface area contributed by atoms with Crippen LogP contribution in [-0.2, 0) is 16.0 Å². The minimum Gasteiger partial charge on any atom is -0.505 e. The summed E-state index contributed by atoms with van der Waals surface area (Å²) < 4.78 is 34.2. The molecule has 0 saturated heterocycles. The van der Waals surface area contributed by atoms with Crippen molar-refractivity contribution in [3.63, 3.8) is 0 Å². The van der Waals surface area contributed by atoms with Crippen LogP contribution in [0.5, 0.6) is 5.75 Å². The number of rotatable bonds is 4. The SMILES string of the molecule is Cc1c(CC(=O)OC(C)C)c2cc(O)c(F)cc2n1C(=O)c1ccc(Cl)c(F)c1. The van der Waals surface area contributed by atoms with Crippen molar-refractivity contribution in [2.24, 2.45) is 0 Å². The maximum absolute atomic E-state index is 14.0. The minimum atomic E-state index is -0.928. The highest BCUT2D eigenvalue weighted by molar-refractivity contribution is 6.30. The van der Waals surface area contributed by atoms with Crippen molar-refractivity contribution in [3.05, 3.63) is 63.8 Å². The highest BCUT2D eigenvalue weighted by atomic mass is 35.5. The number of ether oxygens (including phenoxy) is 1. The number of esters is 1. The highest BCUT2D eigenvalue weighted by Crippen LogP contribution is 2.32. The zero-order chi connectivity index (χ0) is 21.5. The molecule has 8 heteroatoms. The summed E-state index contributed by atoms with van der Waals surface area (Å²) in [5, 5.41) is 9.98. The van der Waals surface area contributed by atoms with Gasteiger partial charge in [-0.1, -0.05) is 11.6 Å². The van der Waals surface area contributed by atoms with Crippen LogP contribution in [0.4, 0.5) is 8.78 Å². The topological polar surface area (TPSA) is 68.5 Å². The number of carbonyl (C=O) groups is 2. The lowest BCUT2D eigenvalue weighted by atomic mass is 10.1. The van der Waals surface area contributed by atoms with E-state index in [9.17, 15) is 23.5 Å². The van der Waals surface area contributed by atoms with Crippen LogP contribution < -0.4 is 0 Å². The van der Waals surface area contributed by atoms with E-state index in [4.69, 9.17) is 16.3 Å². The largest absolute Gasteiger partial charge is 0.505 e. The van der Waals surface area contributed by atoms with Crippen LogP contribution in [-0.4, -0.2) is 27.7 Å². The smallest absolute Gasteiger partial charge is 0.310 e. The van der Waals surface area contributed by atoms with E-state index in [1.54, 1.807) is 20.8 Å². The van der Waals surface area contributed by atoms with Crippen LogP contribution in [0.3, 0.4) is 0 Å². The number of benzene rings is 2. The van der Waals surface area contributed by atoms with Crippen LogP contribution in [0.2, 0.25) is 5.02 Å². The predicted octanol–water partition coefficient (Wildman–Crippen LogP) is 4.77. The minimum absolute atomic E-state index is 0.00306. The van der Waals surface area contributed by atoms with Gasteiger partial charge in [0.05, 0.1) is 23.1 Å². The van der Waals surface area contributed by atoms with Crippen molar-refractivity contribution in [2.75, 3.05) is 0 Å². The van der Waals surface area contributed by atoms with Crippen LogP contribution >= 0.6 is 11.6 Å². The molecule has 0 aliphatic rings. The normalized spacial score (nSPS) is 11.3. The Bertz CT molecular complexity index is 1140. The third-order valence-electron chi connectivity index (χ3n) is 4.46. The molecule has 5 nitrogen and oxygen atoms in total. The van der Waals surface area contributed by atoms with Gasteiger partial charge in [0, 0.05) is 22.7 Å². The highest BCUT2D eigenvalue weighted by Gasteiger charge is 2.24. The molecule has 1 N–H and O–H groups in total. The summed E-state index contributed by atoms with van der Waals surface area (Å²) in [6, 6.07) is 5.74. The van der Waals surface area contributed by atoms with Crippen LogP contribution in [0.1, 0.15) is 35.5 Å². The Labute approximate surface area is 170 Å². The second kappa shape index (κ2) is 7.83. The van der Waals surface area contributed by atoms with Crippen molar-refractivity contribution >= 4 is 34.4 Å². The van der Waals surface area contributed by atoms with Gasteiger partial charge in [0.2, 0.25) is 0 Å². The molecule has 2 aromatic carbocycles. The lowest BCUT2D eigenvalue weighted by Crippen LogP contribution is -2.16. The average Bonchev–Trinajstić information content (AvgIpc) is 2.88. The molecular weight excluding hydrogens is 404 g/mol. The first-order valence-corrected chi connectivity index (χ1v) is 9.19. The number of aromatic hydroxyl groups is 1. The summed E-state index contributed by atoms with van der Waals surface area (Å²) in [5.41, 5.74) is 0.900. The summed E-state index contributed by atoms with van der Waals surface area (Å²) in [6.45, 7) is 4.98. The van der Waals surface area contributed by atoms with Crippen molar-refractivity contribution < 1.29 is 28.2 Å². The molecular formula is C21H18ClF2NO4. The van der Waals surface area contributed by atoms with Crippen molar-refractivity contribution in [1.82, 2.24) is 4.57 Å². The Morgan fingerprint density at radius 1 is 1.17 bits per heavy atom. The maximum Gasteiger partial charge on any atom is 0.310 e. The summed E-state index contributed by atoms with van der Waals surface area (Å²) >= 11 is 5.68. The molecule has 152 valence electrons. The van der Waals surface area contributed by atoms with Gasteiger partial charge in [0.15, 0.2) is 11.6 Å². The summed E-state index contributed by atoms with van der Waals surface area (Å²) in [5.74, 6) is -3.47. The van der Waals surface area contributed by atoms with E-state index in [0.29, 0.717) is 16.6 Å². The second-order valence-corrected chi connectivity index (χ2v) is 7.28. The lowest BCUT2D eigenvalue weighted by molar-refractivity contribution is -0.146. The van der Waals surface area contributed by atoms with Gasteiger partial charge in [-0.15, -0.1) is 0 Å². The Hall–Kier alpha value is -2.93. The molecule has 0 amide bonds. The third kappa shape index (κ3) is 3.96. The quantitative estimate of drug-likeness (QED) is 0.616. The molecule has 0 aliphatic carbocycles. The fourth-order valence-corrected chi connectivity index (χ4v) is 3.30. The molecule has 0 aliphatic heterocycles. The Balaban J connectivity index is 2.19. The van der Waals surface area contributed by atoms with Crippen molar-refractivity contribution in [2.45, 2.75) is 33.3 Å². The van der Waals surface area contributed by atoms with E-state index in [1.165, 1.54) is 16.7 Å². The Morgan fingerprint density at radius 2 is 1.86 bits per heavy atom. The van der Waals surface area contributed by atoms with Gasteiger partial charge in [0.25, 0.3) is 5.91 Å². The number of phenols is 1. The summed E-state index contributed by atoms with van der Waals surface area (Å²) in [6.07, 6.45) is -0.512. The molecule has 3 aromatic rings. The number of halogens is 3. The molecule has 29 heavy (non-hydrogen) atoms. The first-order valence-electron chi connectivity index (χ1n) is 8.81. The molecule has 0 saturated carbocycles. The summed E-state index contributed by atoms with van der Waals surface area (Å²) in [4.78, 5) is 25.3. The number of hydrogen-bond acceptors (Lipinski definition) is 4. The van der Waals surface area contributed by atoms with E-state index in [0.717, 1.165) is 18.2 Å². The molecule has 0 fully saturated rings. The van der Waals surface area contributed by atoms with Crippen LogP contribution in [0, 0.1) is 18.6 Å². The van der Waals surface area contributed by atoms with E-state index < -0.39 is 29.3 Å². The molecule has 0 unspecified atom stereocenters. The van der Waals surface area contributed by atoms with Crippen LogP contribution in [0.25, 0.3) is 10.9 Å². The van der Waals surface area contributed by atoms with Gasteiger partial charge < -0.3 is 9.84 Å². The molecule has 0 spiro atoms. The predicted molar refractivity (Wildman–Crippen MR) is 104 cm³/mol. The van der Waals surface area contributed by atoms with Gasteiger partial charge in [-0.05, 0) is 50.6 Å².